The van der Waals surface area contributed by atoms with Gasteiger partial charge in [-0.1, -0.05) is 60.7 Å². The van der Waals surface area contributed by atoms with Crippen molar-refractivity contribution < 1.29 is 0 Å². The molecule has 0 N–H and O–H groups in total. The first-order valence-corrected chi connectivity index (χ1v) is 4.80. The highest BCUT2D eigenvalue weighted by molar-refractivity contribution is 5.75. The van der Waals surface area contributed by atoms with Gasteiger partial charge in [-0.2, -0.15) is 0 Å². The maximum Gasteiger partial charge on any atom is -0.0184 e. The first-order chi connectivity index (χ1) is 6.77. The predicted octanol–water partition coefficient (Wildman–Crippen LogP) is 4.22. The molecule has 0 nitrogen and oxygen atoms in total. The van der Waals surface area contributed by atoms with E-state index in [-0.39, 0.29) is 0 Å². The van der Waals surface area contributed by atoms with Gasteiger partial charge in [0.1, 0.15) is 0 Å². The standard InChI is InChI=1S/C14H16/c1-4-12(3)11-13(5-2)14-9-7-6-8-10-14/h4-11H,2H2,1,3H3/b12-4-,13-11+. The zero-order valence-corrected chi connectivity index (χ0v) is 8.83. The summed E-state index contributed by atoms with van der Waals surface area (Å²) in [5, 5.41) is 0. The Morgan fingerprint density at radius 3 is 2.36 bits per heavy atom. The normalized spacial score (nSPS) is 12.7. The second-order valence-electron chi connectivity index (χ2n) is 3.20. The molecule has 14 heavy (non-hydrogen) atoms. The third-order valence-corrected chi connectivity index (χ3v) is 2.17. The van der Waals surface area contributed by atoms with Crippen LogP contribution in [0.1, 0.15) is 19.4 Å². The van der Waals surface area contributed by atoms with Crippen LogP contribution in [-0.2, 0) is 0 Å². The van der Waals surface area contributed by atoms with Crippen LogP contribution in [0.15, 0.2) is 60.7 Å². The van der Waals surface area contributed by atoms with Crippen molar-refractivity contribution in [1.82, 2.24) is 0 Å². The minimum Gasteiger partial charge on any atom is -0.0984 e. The fraction of sp³-hybridized carbons (Fsp3) is 0.143. The molecule has 0 fully saturated rings. The minimum atomic E-state index is 1.17. The van der Waals surface area contributed by atoms with Gasteiger partial charge in [0.15, 0.2) is 0 Å². The van der Waals surface area contributed by atoms with Crippen LogP contribution in [0.2, 0.25) is 0 Å². The fourth-order valence-corrected chi connectivity index (χ4v) is 1.22. The maximum absolute atomic E-state index is 3.83. The minimum absolute atomic E-state index is 1.17. The van der Waals surface area contributed by atoms with Gasteiger partial charge in [-0.3, -0.25) is 0 Å². The molecule has 0 heterocycles. The van der Waals surface area contributed by atoms with E-state index >= 15 is 0 Å². The Bertz CT molecular complexity index is 353. The van der Waals surface area contributed by atoms with Crippen molar-refractivity contribution in [1.29, 1.82) is 0 Å². The summed E-state index contributed by atoms with van der Waals surface area (Å²) in [7, 11) is 0. The van der Waals surface area contributed by atoms with Gasteiger partial charge >= 0.3 is 0 Å². The molecule has 0 aliphatic rings. The van der Waals surface area contributed by atoms with E-state index in [1.807, 2.05) is 31.2 Å². The summed E-state index contributed by atoms with van der Waals surface area (Å²) >= 11 is 0. The summed E-state index contributed by atoms with van der Waals surface area (Å²) in [4.78, 5) is 0. The second-order valence-corrected chi connectivity index (χ2v) is 3.20. The van der Waals surface area contributed by atoms with Crippen molar-refractivity contribution in [2.45, 2.75) is 13.8 Å². The molecule has 0 amide bonds. The Hall–Kier alpha value is -1.56. The summed E-state index contributed by atoms with van der Waals surface area (Å²) in [6, 6.07) is 10.3. The van der Waals surface area contributed by atoms with E-state index in [0.29, 0.717) is 0 Å². The first kappa shape index (κ1) is 10.5. The van der Waals surface area contributed by atoms with E-state index in [1.54, 1.807) is 0 Å². The molecule has 0 aliphatic carbocycles. The summed E-state index contributed by atoms with van der Waals surface area (Å²) < 4.78 is 0. The average Bonchev–Trinajstić information content (AvgIpc) is 2.26. The van der Waals surface area contributed by atoms with Crippen LogP contribution in [0.4, 0.5) is 0 Å². The Kier molecular flexibility index (Phi) is 3.93. The molecule has 0 heteroatoms. The predicted molar refractivity (Wildman–Crippen MR) is 64.0 cm³/mol. The van der Waals surface area contributed by atoms with Crippen molar-refractivity contribution in [2.24, 2.45) is 0 Å². The molecule has 1 rings (SSSR count). The van der Waals surface area contributed by atoms with Gasteiger partial charge in [-0.15, -0.1) is 0 Å². The van der Waals surface area contributed by atoms with E-state index in [1.165, 1.54) is 16.7 Å². The van der Waals surface area contributed by atoms with Gasteiger partial charge in [0.2, 0.25) is 0 Å². The van der Waals surface area contributed by atoms with Crippen molar-refractivity contribution in [3.05, 3.63) is 66.3 Å². The van der Waals surface area contributed by atoms with Gasteiger partial charge < -0.3 is 0 Å². The van der Waals surface area contributed by atoms with Gasteiger partial charge in [0, 0.05) is 0 Å². The van der Waals surface area contributed by atoms with Crippen molar-refractivity contribution in [3.8, 4) is 0 Å². The lowest BCUT2D eigenvalue weighted by Gasteiger charge is -2.01. The van der Waals surface area contributed by atoms with E-state index in [9.17, 15) is 0 Å². The van der Waals surface area contributed by atoms with Crippen LogP contribution in [0.3, 0.4) is 0 Å². The number of benzene rings is 1. The van der Waals surface area contributed by atoms with Crippen LogP contribution in [0, 0.1) is 0 Å². The summed E-state index contributed by atoms with van der Waals surface area (Å²) in [5.41, 5.74) is 3.63. The molecular formula is C14H16. The van der Waals surface area contributed by atoms with Crippen LogP contribution >= 0.6 is 0 Å². The van der Waals surface area contributed by atoms with Crippen LogP contribution < -0.4 is 0 Å². The fourth-order valence-electron chi connectivity index (χ4n) is 1.22. The molecule has 0 spiro atoms. The quantitative estimate of drug-likeness (QED) is 0.617. The third kappa shape index (κ3) is 2.74. The van der Waals surface area contributed by atoms with Crippen molar-refractivity contribution >= 4 is 5.57 Å². The molecule has 0 saturated heterocycles. The number of rotatable bonds is 3. The Labute approximate surface area is 86.3 Å². The Balaban J connectivity index is 3.05. The summed E-state index contributed by atoms with van der Waals surface area (Å²) in [6.07, 6.45) is 6.12. The zero-order chi connectivity index (χ0) is 10.4. The van der Waals surface area contributed by atoms with Gasteiger partial charge in [0.05, 0.1) is 0 Å². The van der Waals surface area contributed by atoms with Crippen molar-refractivity contribution in [2.75, 3.05) is 0 Å². The zero-order valence-electron chi connectivity index (χ0n) is 8.83. The topological polar surface area (TPSA) is 0 Å². The molecule has 0 radical (unpaired) electrons. The average molecular weight is 184 g/mol. The first-order valence-electron chi connectivity index (χ1n) is 4.80. The number of allylic oxidation sites excluding steroid dienone is 5. The SMILES string of the molecule is C=C/C(=C\C(C)=C/C)c1ccccc1. The smallest absolute Gasteiger partial charge is 0.0184 e. The molecule has 0 unspecified atom stereocenters. The van der Waals surface area contributed by atoms with E-state index in [0.717, 1.165) is 0 Å². The Morgan fingerprint density at radius 2 is 1.86 bits per heavy atom. The maximum atomic E-state index is 3.83. The largest absolute Gasteiger partial charge is 0.0984 e. The van der Waals surface area contributed by atoms with Gasteiger partial charge in [-0.05, 0) is 25.0 Å². The lowest BCUT2D eigenvalue weighted by molar-refractivity contribution is 1.47. The summed E-state index contributed by atoms with van der Waals surface area (Å²) in [6.45, 7) is 7.96. The molecule has 0 saturated carbocycles. The van der Waals surface area contributed by atoms with E-state index < -0.39 is 0 Å². The molecule has 0 bridgehead atoms. The van der Waals surface area contributed by atoms with Crippen molar-refractivity contribution in [3.63, 3.8) is 0 Å². The number of hydrogen-bond acceptors (Lipinski definition) is 0. The molecule has 0 atom stereocenters. The molecule has 1 aromatic carbocycles. The van der Waals surface area contributed by atoms with Crippen LogP contribution in [-0.4, -0.2) is 0 Å². The second kappa shape index (κ2) is 5.23. The molecule has 0 aromatic heterocycles. The lowest BCUT2D eigenvalue weighted by atomic mass is 10.0. The van der Waals surface area contributed by atoms with Gasteiger partial charge in [0.25, 0.3) is 0 Å². The van der Waals surface area contributed by atoms with E-state index in [4.69, 9.17) is 0 Å². The summed E-state index contributed by atoms with van der Waals surface area (Å²) in [5.74, 6) is 0. The number of hydrogen-bond donors (Lipinski definition) is 0. The lowest BCUT2D eigenvalue weighted by Crippen LogP contribution is -1.80. The van der Waals surface area contributed by atoms with Gasteiger partial charge in [-0.25, -0.2) is 0 Å². The van der Waals surface area contributed by atoms with E-state index in [2.05, 4.69) is 37.8 Å². The Morgan fingerprint density at radius 1 is 1.21 bits per heavy atom. The highest BCUT2D eigenvalue weighted by Crippen LogP contribution is 2.16. The highest BCUT2D eigenvalue weighted by Gasteiger charge is 1.95. The monoisotopic (exact) mass is 184 g/mol. The molecule has 1 aromatic rings. The van der Waals surface area contributed by atoms with Crippen LogP contribution in [0.5, 0.6) is 0 Å². The molecular weight excluding hydrogens is 168 g/mol. The highest BCUT2D eigenvalue weighted by atomic mass is 14.0. The van der Waals surface area contributed by atoms with Crippen LogP contribution in [0.25, 0.3) is 5.57 Å². The molecule has 0 aliphatic heterocycles. The third-order valence-electron chi connectivity index (χ3n) is 2.17. The molecule has 72 valence electrons.